The van der Waals surface area contributed by atoms with E-state index in [2.05, 4.69) is 105 Å². The SMILES string of the molecule is CC.CC.CC.CC.CC.CC.CC.CC.CC.CC.CC.CC.Cc1ccccc1.Cc1cccn1C.Cc1ccco1.Cc1cccs1.Cc1ccnn1C.Cc1ccno1.Cc1ccns1.Cc1cncn1C.Cc1cnco1.Cc1cncs1.Cc1ncco1.Cc1nccs1.[U]. The summed E-state index contributed by atoms with van der Waals surface area (Å²) in [6.07, 6.45) is 22.4. The van der Waals surface area contributed by atoms with Gasteiger partial charge in [0.05, 0.1) is 41.7 Å². The minimum Gasteiger partial charge on any atom is -0.470 e. The molecule has 101 heavy (non-hydrogen) atoms. The van der Waals surface area contributed by atoms with Crippen LogP contribution in [0.3, 0.4) is 0 Å². The van der Waals surface area contributed by atoms with Gasteiger partial charge in [0.1, 0.15) is 23.5 Å². The molecule has 12 aromatic rings. The normalized spacial score (nSPS) is 7.48. The van der Waals surface area contributed by atoms with E-state index in [1.165, 1.54) is 55.2 Å². The molecule has 0 aliphatic rings. The molecule has 1 aromatic carbocycles. The molecule has 0 radical (unpaired) electrons. The van der Waals surface area contributed by atoms with E-state index in [0.29, 0.717) is 0 Å². The molecule has 20 heteroatoms. The number of thiazole rings is 2. The number of oxazole rings is 2. The van der Waals surface area contributed by atoms with E-state index >= 15 is 0 Å². The maximum absolute atomic E-state index is 4.83. The van der Waals surface area contributed by atoms with Crippen molar-refractivity contribution >= 4 is 45.5 Å². The molecule has 0 spiro atoms. The maximum Gasteiger partial charge on any atom is 0.190 e. The fourth-order valence-electron chi connectivity index (χ4n) is 4.37. The molecule has 0 aliphatic carbocycles. The second-order valence-electron chi connectivity index (χ2n) is 15.7. The smallest absolute Gasteiger partial charge is 0.190 e. The third-order valence-corrected chi connectivity index (χ3v) is 11.8. The van der Waals surface area contributed by atoms with Crippen LogP contribution in [0, 0.1) is 114 Å². The molecule has 0 amide bonds. The first-order valence-electron chi connectivity index (χ1n) is 35.6. The van der Waals surface area contributed by atoms with Gasteiger partial charge in [0.2, 0.25) is 0 Å². The van der Waals surface area contributed by atoms with Gasteiger partial charge >= 0.3 is 0 Å². The van der Waals surface area contributed by atoms with Crippen molar-refractivity contribution in [3.8, 4) is 0 Å². The average Bonchev–Trinajstić information content (AvgIpc) is 1.98. The fraction of sp³-hybridized carbons (Fsp3) is 0.481. The first-order chi connectivity index (χ1) is 48.5. The van der Waals surface area contributed by atoms with E-state index in [9.17, 15) is 0 Å². The molecular weight excluding hydrogens is 1560 g/mol. The van der Waals surface area contributed by atoms with Gasteiger partial charge in [0.25, 0.3) is 0 Å². The number of nitrogens with zero attached hydrogens (tertiary/aromatic N) is 11. The summed E-state index contributed by atoms with van der Waals surface area (Å²) in [7, 11) is 5.94. The van der Waals surface area contributed by atoms with Crippen molar-refractivity contribution in [3.05, 3.63) is 248 Å². The van der Waals surface area contributed by atoms with Gasteiger partial charge in [-0.1, -0.05) is 213 Å². The van der Waals surface area contributed by atoms with Gasteiger partial charge in [-0.25, -0.2) is 19.3 Å². The van der Waals surface area contributed by atoms with Crippen molar-refractivity contribution < 1.29 is 48.9 Å². The molecule has 578 valence electrons. The van der Waals surface area contributed by atoms with Gasteiger partial charge in [-0.3, -0.25) is 14.6 Å². The van der Waals surface area contributed by atoms with E-state index in [4.69, 9.17) is 13.3 Å². The number of aryl methyl sites for hydroxylation is 15. The number of rotatable bonds is 0. The molecule has 0 N–H and O–H groups in total. The molecular formula is C81H147N11O4S4U. The quantitative estimate of drug-likeness (QED) is 0.141. The largest absolute Gasteiger partial charge is 0.470 e. The first-order valence-corrected chi connectivity index (χ1v) is 39.0. The summed E-state index contributed by atoms with van der Waals surface area (Å²) in [6, 6.07) is 28.1. The second-order valence-corrected chi connectivity index (χ2v) is 20.1. The summed E-state index contributed by atoms with van der Waals surface area (Å²) < 4.78 is 28.6. The van der Waals surface area contributed by atoms with Crippen LogP contribution in [0.5, 0.6) is 0 Å². The van der Waals surface area contributed by atoms with Gasteiger partial charge < -0.3 is 26.9 Å². The zero-order valence-corrected chi connectivity index (χ0v) is 78.4. The van der Waals surface area contributed by atoms with Crippen molar-refractivity contribution in [2.24, 2.45) is 21.1 Å². The molecule has 11 aromatic heterocycles. The third kappa shape index (κ3) is 102. The van der Waals surface area contributed by atoms with Crippen molar-refractivity contribution in [2.75, 3.05) is 0 Å². The van der Waals surface area contributed by atoms with Crippen LogP contribution >= 0.6 is 45.5 Å². The molecule has 0 saturated heterocycles. The average molecular weight is 1710 g/mol. The molecule has 12 rings (SSSR count). The van der Waals surface area contributed by atoms with E-state index < -0.39 is 0 Å². The number of hydrogen-bond acceptors (Lipinski definition) is 16. The van der Waals surface area contributed by atoms with Crippen LogP contribution < -0.4 is 0 Å². The predicted molar refractivity (Wildman–Crippen MR) is 450 cm³/mol. The van der Waals surface area contributed by atoms with Gasteiger partial charge in [-0.2, -0.15) is 5.10 Å². The zero-order chi connectivity index (χ0) is 80.2. The third-order valence-electron chi connectivity index (χ3n) is 8.95. The Labute approximate surface area is 660 Å². The van der Waals surface area contributed by atoms with E-state index in [1.54, 1.807) is 103 Å². The summed E-state index contributed by atoms with van der Waals surface area (Å²) in [5, 5.41) is 12.6. The Hall–Kier alpha value is -6.53. The van der Waals surface area contributed by atoms with E-state index in [-0.39, 0.29) is 31.1 Å². The Bertz CT molecular complexity index is 2450. The number of thiophene rings is 1. The summed E-state index contributed by atoms with van der Waals surface area (Å²) in [5.41, 5.74) is 6.84. The summed E-state index contributed by atoms with van der Waals surface area (Å²) in [6.45, 7) is 71.8. The first kappa shape index (κ1) is 124. The van der Waals surface area contributed by atoms with Crippen molar-refractivity contribution in [1.82, 2.24) is 53.4 Å². The van der Waals surface area contributed by atoms with Crippen molar-refractivity contribution in [2.45, 2.75) is 249 Å². The number of imidazole rings is 1. The number of hydrogen-bond donors (Lipinski definition) is 0. The Balaban J connectivity index is -0.0000000739. The second kappa shape index (κ2) is 112. The monoisotopic (exact) mass is 1700 g/mol. The van der Waals surface area contributed by atoms with Crippen LogP contribution in [0.25, 0.3) is 0 Å². The molecule has 0 fully saturated rings. The predicted octanol–water partition coefficient (Wildman–Crippen LogP) is 28.0. The number of aromatic nitrogens is 11. The maximum atomic E-state index is 4.83. The molecule has 0 saturated carbocycles. The molecule has 11 heterocycles. The summed E-state index contributed by atoms with van der Waals surface area (Å²) in [5.74, 6) is 3.40. The van der Waals surface area contributed by atoms with Crippen LogP contribution in [0.1, 0.15) is 232 Å². The Morgan fingerprint density at radius 2 is 0.960 bits per heavy atom. The molecule has 15 nitrogen and oxygen atoms in total. The minimum atomic E-state index is 0. The Morgan fingerprint density at radius 1 is 0.376 bits per heavy atom. The number of benzene rings is 1. The van der Waals surface area contributed by atoms with Crippen LogP contribution in [0.4, 0.5) is 0 Å². The standard InChI is InChI=1S/C7H8.C6H9N.2C5H8N2.C5H6O.C5H6S.3C4H5NO.3C4H5NS.12C2H6.U/c1-7-5-3-2-4-6-7;1-6-4-3-5-7(6)2;1-5-3-6-4-7(5)2;1-5-3-4-6-7(5)2;2*1-5-3-2-4-6-5;1-4-2-5-3-6-4;1-4-5-2-3-6-4;1-4-2-3-5-6-4;1-4-2-5-3-6-4;1-4-5-2-3-6-4;1-4-2-3-5-6-4;12*1-2;/h2-6H,1H3;3-5H,1-2H3;2*3-4H,1-2H3;2*2-4H,1H3;6*2-3H,1H3;12*1-2H3;. The zero-order valence-electron chi connectivity index (χ0n) is 71.0. The fourth-order valence-corrected chi connectivity index (χ4v) is 6.16. The van der Waals surface area contributed by atoms with Crippen LogP contribution in [0.2, 0.25) is 0 Å². The van der Waals surface area contributed by atoms with Gasteiger partial charge in [-0.05, 0) is 136 Å². The van der Waals surface area contributed by atoms with Crippen LogP contribution in [-0.4, -0.2) is 53.4 Å². The van der Waals surface area contributed by atoms with Gasteiger partial charge in [0, 0.05) is 140 Å². The topological polar surface area (TPSA) is 170 Å². The van der Waals surface area contributed by atoms with Gasteiger partial charge in [-0.15, -0.1) is 34.0 Å². The van der Waals surface area contributed by atoms with Crippen molar-refractivity contribution in [1.29, 1.82) is 0 Å². The molecule has 0 atom stereocenters. The minimum absolute atomic E-state index is 0. The van der Waals surface area contributed by atoms with Crippen LogP contribution in [-0.2, 0) is 21.1 Å². The molecule has 0 aliphatic heterocycles. The van der Waals surface area contributed by atoms with E-state index in [1.807, 2.05) is 330 Å². The summed E-state index contributed by atoms with van der Waals surface area (Å²) in [4.78, 5) is 23.0. The van der Waals surface area contributed by atoms with Crippen molar-refractivity contribution in [3.63, 3.8) is 0 Å². The molecule has 0 unspecified atom stereocenters. The number of furan rings is 1. The summed E-state index contributed by atoms with van der Waals surface area (Å²) >= 11 is 6.64. The van der Waals surface area contributed by atoms with E-state index in [0.717, 1.165) is 28.2 Å². The van der Waals surface area contributed by atoms with Crippen LogP contribution in [0.15, 0.2) is 200 Å². The Morgan fingerprint density at radius 3 is 1.09 bits per heavy atom. The Kier molecular flexibility index (Phi) is 138. The molecule has 0 bridgehead atoms. The van der Waals surface area contributed by atoms with Gasteiger partial charge in [0.15, 0.2) is 12.3 Å².